The molecule has 0 saturated carbocycles. The zero-order valence-corrected chi connectivity index (χ0v) is 11.1. The van der Waals surface area contributed by atoms with Crippen molar-refractivity contribution >= 4 is 21.7 Å². The molecule has 88 valence electrons. The first-order chi connectivity index (χ1) is 8.18. The van der Waals surface area contributed by atoms with E-state index in [-0.39, 0.29) is 5.78 Å². The summed E-state index contributed by atoms with van der Waals surface area (Å²) >= 11 is 3.34. The first-order valence-electron chi connectivity index (χ1n) is 5.43. The monoisotopic (exact) mass is 292 g/mol. The van der Waals surface area contributed by atoms with E-state index in [1.54, 1.807) is 17.9 Å². The van der Waals surface area contributed by atoms with Crippen molar-refractivity contribution < 1.29 is 4.79 Å². The minimum Gasteiger partial charge on any atom is -0.292 e. The summed E-state index contributed by atoms with van der Waals surface area (Å²) in [7, 11) is 1.78. The van der Waals surface area contributed by atoms with Crippen LogP contribution in [0.15, 0.2) is 41.0 Å². The molecule has 2 rings (SSSR count). The standard InChI is InChI=1S/C13H13BrN2O/c1-16-13(11(14)9-15-16)12(17)8-7-10-5-3-2-4-6-10/h2-6,9H,7-8H2,1H3. The van der Waals surface area contributed by atoms with Gasteiger partial charge in [0.25, 0.3) is 0 Å². The van der Waals surface area contributed by atoms with Crippen molar-refractivity contribution in [1.82, 2.24) is 9.78 Å². The van der Waals surface area contributed by atoms with Crippen molar-refractivity contribution in [2.24, 2.45) is 7.05 Å². The Balaban J connectivity index is 2.04. The zero-order chi connectivity index (χ0) is 12.3. The number of carbonyl (C=O) groups is 1. The third-order valence-electron chi connectivity index (χ3n) is 2.64. The number of hydrogen-bond acceptors (Lipinski definition) is 2. The Hall–Kier alpha value is -1.42. The number of Topliss-reactive ketones (excluding diaryl/α,β-unsaturated/α-hetero) is 1. The van der Waals surface area contributed by atoms with Crippen LogP contribution in [0.3, 0.4) is 0 Å². The molecule has 0 N–H and O–H groups in total. The second kappa shape index (κ2) is 5.27. The molecule has 0 fully saturated rings. The summed E-state index contributed by atoms with van der Waals surface area (Å²) in [6.45, 7) is 0. The number of nitrogens with zero attached hydrogens (tertiary/aromatic N) is 2. The van der Waals surface area contributed by atoms with Crippen molar-refractivity contribution in [1.29, 1.82) is 0 Å². The Morgan fingerprint density at radius 1 is 1.35 bits per heavy atom. The fourth-order valence-corrected chi connectivity index (χ4v) is 2.31. The number of hydrogen-bond donors (Lipinski definition) is 0. The molecule has 0 unspecified atom stereocenters. The van der Waals surface area contributed by atoms with Crippen molar-refractivity contribution in [3.8, 4) is 0 Å². The molecule has 0 amide bonds. The molecule has 0 aliphatic rings. The maximum Gasteiger partial charge on any atom is 0.182 e. The molecule has 0 spiro atoms. The molecular formula is C13H13BrN2O. The molecule has 17 heavy (non-hydrogen) atoms. The van der Waals surface area contributed by atoms with Crippen molar-refractivity contribution in [2.75, 3.05) is 0 Å². The zero-order valence-electron chi connectivity index (χ0n) is 9.56. The van der Waals surface area contributed by atoms with Crippen LogP contribution in [-0.2, 0) is 13.5 Å². The molecule has 1 aromatic carbocycles. The van der Waals surface area contributed by atoms with E-state index in [1.165, 1.54) is 5.56 Å². The van der Waals surface area contributed by atoms with E-state index in [1.807, 2.05) is 30.3 Å². The van der Waals surface area contributed by atoms with Gasteiger partial charge in [0.1, 0.15) is 5.69 Å². The van der Waals surface area contributed by atoms with Gasteiger partial charge in [-0.2, -0.15) is 5.10 Å². The molecule has 0 aliphatic heterocycles. The lowest BCUT2D eigenvalue weighted by molar-refractivity contribution is 0.0973. The van der Waals surface area contributed by atoms with Crippen molar-refractivity contribution in [3.63, 3.8) is 0 Å². The average Bonchev–Trinajstić information content (AvgIpc) is 2.67. The van der Waals surface area contributed by atoms with Crippen LogP contribution in [0, 0.1) is 0 Å². The van der Waals surface area contributed by atoms with Gasteiger partial charge in [-0.15, -0.1) is 0 Å². The smallest absolute Gasteiger partial charge is 0.182 e. The minimum absolute atomic E-state index is 0.112. The molecule has 0 aliphatic carbocycles. The van der Waals surface area contributed by atoms with Crippen LogP contribution in [0.5, 0.6) is 0 Å². The summed E-state index contributed by atoms with van der Waals surface area (Å²) in [6, 6.07) is 10.0. The second-order valence-corrected chi connectivity index (χ2v) is 4.73. The fraction of sp³-hybridized carbons (Fsp3) is 0.231. The molecule has 0 bridgehead atoms. The second-order valence-electron chi connectivity index (χ2n) is 3.87. The third kappa shape index (κ3) is 2.82. The van der Waals surface area contributed by atoms with Gasteiger partial charge in [0, 0.05) is 13.5 Å². The Kier molecular flexibility index (Phi) is 3.74. The highest BCUT2D eigenvalue weighted by Gasteiger charge is 2.14. The number of benzene rings is 1. The predicted octanol–water partition coefficient (Wildman–Crippen LogP) is 3.00. The van der Waals surface area contributed by atoms with E-state index in [0.717, 1.165) is 10.9 Å². The highest BCUT2D eigenvalue weighted by Crippen LogP contribution is 2.17. The van der Waals surface area contributed by atoms with Gasteiger partial charge in [0.05, 0.1) is 10.7 Å². The van der Waals surface area contributed by atoms with Gasteiger partial charge < -0.3 is 0 Å². The fourth-order valence-electron chi connectivity index (χ4n) is 1.75. The van der Waals surface area contributed by atoms with Crippen molar-refractivity contribution in [2.45, 2.75) is 12.8 Å². The minimum atomic E-state index is 0.112. The lowest BCUT2D eigenvalue weighted by Crippen LogP contribution is -2.08. The number of aromatic nitrogens is 2. The summed E-state index contributed by atoms with van der Waals surface area (Å²) in [6.07, 6.45) is 2.91. The molecular weight excluding hydrogens is 280 g/mol. The lowest BCUT2D eigenvalue weighted by atomic mass is 10.1. The van der Waals surface area contributed by atoms with Crippen LogP contribution < -0.4 is 0 Å². The molecule has 0 radical (unpaired) electrons. The van der Waals surface area contributed by atoms with Gasteiger partial charge in [-0.1, -0.05) is 30.3 Å². The van der Waals surface area contributed by atoms with Gasteiger partial charge >= 0.3 is 0 Å². The molecule has 4 heteroatoms. The quantitative estimate of drug-likeness (QED) is 0.812. The van der Waals surface area contributed by atoms with Gasteiger partial charge in [-0.3, -0.25) is 9.48 Å². The van der Waals surface area contributed by atoms with E-state index >= 15 is 0 Å². The van der Waals surface area contributed by atoms with Crippen LogP contribution in [0.25, 0.3) is 0 Å². The lowest BCUT2D eigenvalue weighted by Gasteiger charge is -2.03. The molecule has 3 nitrogen and oxygen atoms in total. The highest BCUT2D eigenvalue weighted by molar-refractivity contribution is 9.10. The Bertz CT molecular complexity index is 500. The number of aryl methyl sites for hydroxylation is 2. The normalized spacial score (nSPS) is 10.5. The molecule has 1 heterocycles. The highest BCUT2D eigenvalue weighted by atomic mass is 79.9. The van der Waals surface area contributed by atoms with E-state index in [0.29, 0.717) is 12.1 Å². The number of carbonyl (C=O) groups excluding carboxylic acids is 1. The first-order valence-corrected chi connectivity index (χ1v) is 6.22. The van der Waals surface area contributed by atoms with E-state index < -0.39 is 0 Å². The summed E-state index contributed by atoms with van der Waals surface area (Å²) in [5, 5.41) is 4.04. The van der Waals surface area contributed by atoms with E-state index in [9.17, 15) is 4.79 Å². The summed E-state index contributed by atoms with van der Waals surface area (Å²) in [4.78, 5) is 12.0. The number of rotatable bonds is 4. The Labute approximate surface area is 109 Å². The van der Waals surface area contributed by atoms with E-state index in [4.69, 9.17) is 0 Å². The summed E-state index contributed by atoms with van der Waals surface area (Å²) < 4.78 is 2.37. The van der Waals surface area contributed by atoms with Crippen LogP contribution in [0.2, 0.25) is 0 Å². The number of halogens is 1. The largest absolute Gasteiger partial charge is 0.292 e. The first kappa shape index (κ1) is 12.0. The van der Waals surface area contributed by atoms with Gasteiger partial charge in [-0.25, -0.2) is 0 Å². The van der Waals surface area contributed by atoms with E-state index in [2.05, 4.69) is 21.0 Å². The van der Waals surface area contributed by atoms with Gasteiger partial charge in [-0.05, 0) is 27.9 Å². The molecule has 1 aromatic heterocycles. The van der Waals surface area contributed by atoms with Gasteiger partial charge in [0.2, 0.25) is 0 Å². The van der Waals surface area contributed by atoms with Crippen LogP contribution >= 0.6 is 15.9 Å². The predicted molar refractivity (Wildman–Crippen MR) is 70.0 cm³/mol. The topological polar surface area (TPSA) is 34.9 Å². The Morgan fingerprint density at radius 3 is 2.65 bits per heavy atom. The third-order valence-corrected chi connectivity index (χ3v) is 3.22. The summed E-state index contributed by atoms with van der Waals surface area (Å²) in [5.41, 5.74) is 1.82. The molecule has 0 atom stereocenters. The van der Waals surface area contributed by atoms with Crippen LogP contribution in [-0.4, -0.2) is 15.6 Å². The summed E-state index contributed by atoms with van der Waals surface area (Å²) in [5.74, 6) is 0.112. The molecule has 2 aromatic rings. The van der Waals surface area contributed by atoms with Crippen LogP contribution in [0.1, 0.15) is 22.5 Å². The SMILES string of the molecule is Cn1ncc(Br)c1C(=O)CCc1ccccc1. The van der Waals surface area contributed by atoms with Gasteiger partial charge in [0.15, 0.2) is 5.78 Å². The van der Waals surface area contributed by atoms with Crippen molar-refractivity contribution in [3.05, 3.63) is 52.3 Å². The maximum atomic E-state index is 12.0. The van der Waals surface area contributed by atoms with Crippen LogP contribution in [0.4, 0.5) is 0 Å². The number of ketones is 1. The maximum absolute atomic E-state index is 12.0. The Morgan fingerprint density at radius 2 is 2.06 bits per heavy atom. The average molecular weight is 293 g/mol. The molecule has 0 saturated heterocycles.